The molecular weight excluding hydrogens is 256 g/mol. The monoisotopic (exact) mass is 274 g/mol. The van der Waals surface area contributed by atoms with E-state index in [1.807, 2.05) is 0 Å². The molecule has 0 aromatic heterocycles. The highest BCUT2D eigenvalue weighted by molar-refractivity contribution is 8.76. The van der Waals surface area contributed by atoms with E-state index in [2.05, 4.69) is 23.8 Å². The van der Waals surface area contributed by atoms with Gasteiger partial charge in [0.25, 0.3) is 0 Å². The average molecular weight is 274 g/mol. The van der Waals surface area contributed by atoms with Crippen LogP contribution in [0.15, 0.2) is 25.3 Å². The number of hydrogen-bond donors (Lipinski definition) is 2. The summed E-state index contributed by atoms with van der Waals surface area (Å²) in [6.07, 6.45) is 2.58. The summed E-state index contributed by atoms with van der Waals surface area (Å²) in [4.78, 5) is 21.6. The topological polar surface area (TPSA) is 58.2 Å². The predicted molar refractivity (Wildman–Crippen MR) is 76.2 cm³/mol. The fourth-order valence-corrected chi connectivity index (χ4v) is 2.66. The van der Waals surface area contributed by atoms with Gasteiger partial charge in [-0.05, 0) is 12.2 Å². The molecule has 0 rings (SSSR count). The highest BCUT2D eigenvalue weighted by Crippen LogP contribution is 2.19. The smallest absolute Gasteiger partial charge is 0.243 e. The molecule has 96 valence electrons. The molecule has 0 aromatic rings. The normalized spacial score (nSPS) is 9.65. The van der Waals surface area contributed by atoms with E-state index in [1.54, 1.807) is 21.6 Å². The first-order valence-corrected chi connectivity index (χ1v) is 7.70. The van der Waals surface area contributed by atoms with Crippen molar-refractivity contribution in [2.75, 3.05) is 31.1 Å². The lowest BCUT2D eigenvalue weighted by molar-refractivity contribution is -0.116. The SMILES string of the molecule is C=CC(=O)CNCCSSCCNC(=O)C=C. The van der Waals surface area contributed by atoms with Gasteiger partial charge in [-0.3, -0.25) is 9.59 Å². The largest absolute Gasteiger partial charge is 0.352 e. The maximum absolute atomic E-state index is 10.8. The molecule has 0 radical (unpaired) electrons. The van der Waals surface area contributed by atoms with Gasteiger partial charge < -0.3 is 10.6 Å². The molecule has 0 unspecified atom stereocenters. The van der Waals surface area contributed by atoms with Crippen LogP contribution < -0.4 is 10.6 Å². The minimum atomic E-state index is -0.139. The Labute approximate surface area is 110 Å². The van der Waals surface area contributed by atoms with Crippen LogP contribution in [0.1, 0.15) is 0 Å². The summed E-state index contributed by atoms with van der Waals surface area (Å²) in [6, 6.07) is 0. The quantitative estimate of drug-likeness (QED) is 0.335. The van der Waals surface area contributed by atoms with Crippen molar-refractivity contribution in [3.05, 3.63) is 25.3 Å². The molecule has 0 spiro atoms. The summed E-state index contributed by atoms with van der Waals surface area (Å²) in [6.45, 7) is 8.54. The van der Waals surface area contributed by atoms with Crippen LogP contribution in [0.4, 0.5) is 0 Å². The van der Waals surface area contributed by atoms with Crippen molar-refractivity contribution in [2.24, 2.45) is 0 Å². The van der Waals surface area contributed by atoms with Crippen LogP contribution in [-0.4, -0.2) is 42.8 Å². The Kier molecular flexibility index (Phi) is 11.3. The van der Waals surface area contributed by atoms with Gasteiger partial charge in [-0.15, -0.1) is 0 Å². The van der Waals surface area contributed by atoms with Crippen LogP contribution in [0.3, 0.4) is 0 Å². The number of carbonyl (C=O) groups excluding carboxylic acids is 2. The minimum absolute atomic E-state index is 0.00907. The highest BCUT2D eigenvalue weighted by atomic mass is 33.1. The zero-order valence-electron chi connectivity index (χ0n) is 9.74. The lowest BCUT2D eigenvalue weighted by Crippen LogP contribution is -2.24. The van der Waals surface area contributed by atoms with E-state index in [1.165, 1.54) is 12.2 Å². The molecule has 0 aliphatic heterocycles. The zero-order chi connectivity index (χ0) is 12.9. The third-order valence-electron chi connectivity index (χ3n) is 1.64. The van der Waals surface area contributed by atoms with Crippen molar-refractivity contribution in [3.8, 4) is 0 Å². The Morgan fingerprint density at radius 3 is 2.29 bits per heavy atom. The summed E-state index contributed by atoms with van der Waals surface area (Å²) in [5.74, 6) is 1.65. The predicted octanol–water partition coefficient (Wildman–Crippen LogP) is 1.01. The molecule has 0 saturated heterocycles. The van der Waals surface area contributed by atoms with Gasteiger partial charge in [-0.25, -0.2) is 0 Å². The van der Waals surface area contributed by atoms with Crippen LogP contribution in [0.5, 0.6) is 0 Å². The second-order valence-electron chi connectivity index (χ2n) is 2.99. The van der Waals surface area contributed by atoms with Crippen LogP contribution in [0.2, 0.25) is 0 Å². The number of nitrogens with one attached hydrogen (secondary N) is 2. The van der Waals surface area contributed by atoms with Crippen molar-refractivity contribution >= 4 is 33.3 Å². The second-order valence-corrected chi connectivity index (χ2v) is 5.69. The molecule has 0 saturated carbocycles. The van der Waals surface area contributed by atoms with Gasteiger partial charge in [0, 0.05) is 24.6 Å². The third-order valence-corrected chi connectivity index (χ3v) is 4.05. The Hall–Kier alpha value is -0.720. The Morgan fingerprint density at radius 1 is 1.06 bits per heavy atom. The molecule has 0 aromatic carbocycles. The zero-order valence-corrected chi connectivity index (χ0v) is 11.4. The molecule has 2 N–H and O–H groups in total. The fraction of sp³-hybridized carbons (Fsp3) is 0.455. The first-order chi connectivity index (χ1) is 8.20. The van der Waals surface area contributed by atoms with Crippen LogP contribution in [-0.2, 0) is 9.59 Å². The third kappa shape index (κ3) is 11.5. The van der Waals surface area contributed by atoms with Crippen molar-refractivity contribution < 1.29 is 9.59 Å². The van der Waals surface area contributed by atoms with E-state index < -0.39 is 0 Å². The molecule has 4 nitrogen and oxygen atoms in total. The highest BCUT2D eigenvalue weighted by Gasteiger charge is 1.96. The van der Waals surface area contributed by atoms with Crippen LogP contribution in [0, 0.1) is 0 Å². The molecule has 0 fully saturated rings. The van der Waals surface area contributed by atoms with Crippen LogP contribution >= 0.6 is 21.6 Å². The molecule has 0 atom stereocenters. The number of carbonyl (C=O) groups is 2. The van der Waals surface area contributed by atoms with Gasteiger partial charge in [0.1, 0.15) is 0 Å². The molecule has 6 heteroatoms. The summed E-state index contributed by atoms with van der Waals surface area (Å²) in [5, 5.41) is 5.71. The van der Waals surface area contributed by atoms with Crippen molar-refractivity contribution in [3.63, 3.8) is 0 Å². The number of amides is 1. The van der Waals surface area contributed by atoms with Gasteiger partial charge in [0.05, 0.1) is 6.54 Å². The van der Waals surface area contributed by atoms with E-state index in [0.29, 0.717) is 13.1 Å². The van der Waals surface area contributed by atoms with Gasteiger partial charge in [0.15, 0.2) is 5.78 Å². The maximum Gasteiger partial charge on any atom is 0.243 e. The Morgan fingerprint density at radius 2 is 1.71 bits per heavy atom. The minimum Gasteiger partial charge on any atom is -0.352 e. The lowest BCUT2D eigenvalue weighted by Gasteiger charge is -2.03. The van der Waals surface area contributed by atoms with Crippen LogP contribution in [0.25, 0.3) is 0 Å². The van der Waals surface area contributed by atoms with E-state index in [0.717, 1.165) is 18.1 Å². The Bertz CT molecular complexity index is 244. The average Bonchev–Trinajstić information content (AvgIpc) is 2.35. The van der Waals surface area contributed by atoms with Gasteiger partial charge >= 0.3 is 0 Å². The standard InChI is InChI=1S/C11H18N2O2S2/c1-3-10(14)9-12-5-7-16-17-8-6-13-11(15)4-2/h3-4,12H,1-2,5-9H2,(H,13,15). The van der Waals surface area contributed by atoms with Crippen molar-refractivity contribution in [2.45, 2.75) is 0 Å². The summed E-state index contributed by atoms with van der Waals surface area (Å²) in [7, 11) is 3.40. The number of rotatable bonds is 11. The van der Waals surface area contributed by atoms with Gasteiger partial charge in [-0.2, -0.15) is 0 Å². The summed E-state index contributed by atoms with van der Waals surface area (Å²) in [5.41, 5.74) is 0. The molecular formula is C11H18N2O2S2. The van der Waals surface area contributed by atoms with E-state index in [-0.39, 0.29) is 11.7 Å². The molecule has 0 bridgehead atoms. The lowest BCUT2D eigenvalue weighted by atomic mass is 10.4. The molecule has 0 aliphatic carbocycles. The number of hydrogen-bond acceptors (Lipinski definition) is 5. The van der Waals surface area contributed by atoms with Gasteiger partial charge in [-0.1, -0.05) is 34.7 Å². The van der Waals surface area contributed by atoms with E-state index in [4.69, 9.17) is 0 Å². The van der Waals surface area contributed by atoms with Gasteiger partial charge in [0.2, 0.25) is 5.91 Å². The van der Waals surface area contributed by atoms with Crippen molar-refractivity contribution in [1.82, 2.24) is 10.6 Å². The molecule has 1 amide bonds. The van der Waals surface area contributed by atoms with Crippen molar-refractivity contribution in [1.29, 1.82) is 0 Å². The summed E-state index contributed by atoms with van der Waals surface area (Å²) >= 11 is 0. The first kappa shape index (κ1) is 16.3. The molecule has 0 aliphatic rings. The first-order valence-electron chi connectivity index (χ1n) is 5.21. The van der Waals surface area contributed by atoms with E-state index in [9.17, 15) is 9.59 Å². The molecule has 17 heavy (non-hydrogen) atoms. The Balaban J connectivity index is 3.13. The van der Waals surface area contributed by atoms with E-state index >= 15 is 0 Å². The maximum atomic E-state index is 10.8. The summed E-state index contributed by atoms with van der Waals surface area (Å²) < 4.78 is 0. The number of ketones is 1. The second kappa shape index (κ2) is 11.8. The molecule has 0 heterocycles. The fourth-order valence-electron chi connectivity index (χ4n) is 0.804.